The average Bonchev–Trinajstić information content (AvgIpc) is 2.14. The first-order valence-corrected chi connectivity index (χ1v) is 5.88. The summed E-state index contributed by atoms with van der Waals surface area (Å²) in [5.41, 5.74) is 0.301. The predicted octanol–water partition coefficient (Wildman–Crippen LogP) is 3.22. The Morgan fingerprint density at radius 1 is 1.07 bits per heavy atom. The third-order valence-electron chi connectivity index (χ3n) is 4.17. The van der Waals surface area contributed by atoms with Crippen molar-refractivity contribution in [2.24, 2.45) is 5.41 Å². The molecule has 0 aliphatic rings. The van der Waals surface area contributed by atoms with Crippen LogP contribution in [0.5, 0.6) is 0 Å². The Labute approximate surface area is 95.8 Å². The van der Waals surface area contributed by atoms with E-state index >= 15 is 0 Å². The predicted molar refractivity (Wildman–Crippen MR) is 67.2 cm³/mol. The van der Waals surface area contributed by atoms with Crippen LogP contribution in [-0.2, 0) is 4.74 Å². The lowest BCUT2D eigenvalue weighted by Crippen LogP contribution is -2.54. The molecule has 0 aromatic rings. The van der Waals surface area contributed by atoms with Gasteiger partial charge in [0.15, 0.2) is 0 Å². The number of hydrogen-bond donors (Lipinski definition) is 1. The molecule has 1 unspecified atom stereocenters. The van der Waals surface area contributed by atoms with Gasteiger partial charge in [0.1, 0.15) is 0 Å². The van der Waals surface area contributed by atoms with E-state index in [1.54, 1.807) is 7.11 Å². The first-order chi connectivity index (χ1) is 6.64. The van der Waals surface area contributed by atoms with Gasteiger partial charge in [-0.3, -0.25) is 0 Å². The van der Waals surface area contributed by atoms with Gasteiger partial charge in [-0.1, -0.05) is 20.8 Å². The van der Waals surface area contributed by atoms with Crippen LogP contribution in [0.25, 0.3) is 0 Å². The molecule has 1 N–H and O–H groups in total. The monoisotopic (exact) mass is 215 g/mol. The first-order valence-electron chi connectivity index (χ1n) is 5.88. The molecular weight excluding hydrogens is 186 g/mol. The molecule has 92 valence electrons. The van der Waals surface area contributed by atoms with Crippen molar-refractivity contribution in [3.05, 3.63) is 0 Å². The second-order valence-corrected chi connectivity index (χ2v) is 5.96. The summed E-state index contributed by atoms with van der Waals surface area (Å²) >= 11 is 0. The molecule has 0 radical (unpaired) electrons. The minimum Gasteiger partial charge on any atom is -0.379 e. The third kappa shape index (κ3) is 3.46. The molecule has 0 rings (SSSR count). The lowest BCUT2D eigenvalue weighted by molar-refractivity contribution is -0.0357. The van der Waals surface area contributed by atoms with Crippen molar-refractivity contribution in [2.45, 2.75) is 65.5 Å². The van der Waals surface area contributed by atoms with E-state index in [9.17, 15) is 0 Å². The van der Waals surface area contributed by atoms with Crippen LogP contribution >= 0.6 is 0 Å². The maximum Gasteiger partial charge on any atom is 0.0628 e. The molecule has 0 aliphatic heterocycles. The zero-order valence-corrected chi connectivity index (χ0v) is 11.8. The Balaban J connectivity index is 4.81. The van der Waals surface area contributed by atoms with Crippen molar-refractivity contribution in [3.63, 3.8) is 0 Å². The number of hydrogen-bond acceptors (Lipinski definition) is 2. The second kappa shape index (κ2) is 4.84. The van der Waals surface area contributed by atoms with Gasteiger partial charge in [0, 0.05) is 12.6 Å². The van der Waals surface area contributed by atoms with E-state index in [0.29, 0.717) is 0 Å². The Kier molecular flexibility index (Phi) is 4.81. The van der Waals surface area contributed by atoms with Crippen molar-refractivity contribution in [3.8, 4) is 0 Å². The Bertz CT molecular complexity index is 193. The smallest absolute Gasteiger partial charge is 0.0628 e. The molecule has 0 aliphatic carbocycles. The van der Waals surface area contributed by atoms with E-state index in [1.807, 2.05) is 7.05 Å². The Morgan fingerprint density at radius 3 is 1.80 bits per heavy atom. The molecule has 15 heavy (non-hydrogen) atoms. The molecule has 0 fully saturated rings. The largest absolute Gasteiger partial charge is 0.379 e. The molecule has 0 aromatic carbocycles. The summed E-state index contributed by atoms with van der Waals surface area (Å²) in [5.74, 6) is 0. The summed E-state index contributed by atoms with van der Waals surface area (Å²) in [6, 6.07) is 0. The van der Waals surface area contributed by atoms with Crippen molar-refractivity contribution in [2.75, 3.05) is 14.2 Å². The Morgan fingerprint density at radius 2 is 1.53 bits per heavy atom. The van der Waals surface area contributed by atoms with E-state index in [4.69, 9.17) is 4.74 Å². The van der Waals surface area contributed by atoms with Crippen LogP contribution in [0, 0.1) is 5.41 Å². The number of ether oxygens (including phenoxy) is 1. The number of rotatable bonds is 6. The Hall–Kier alpha value is -0.0800. The topological polar surface area (TPSA) is 21.3 Å². The number of methoxy groups -OCH3 is 1. The van der Waals surface area contributed by atoms with Crippen LogP contribution in [0.4, 0.5) is 0 Å². The maximum absolute atomic E-state index is 5.53. The van der Waals surface area contributed by atoms with E-state index in [0.717, 1.165) is 12.8 Å². The van der Waals surface area contributed by atoms with Gasteiger partial charge in [-0.15, -0.1) is 0 Å². The molecular formula is C13H29NO. The van der Waals surface area contributed by atoms with Gasteiger partial charge in [-0.25, -0.2) is 0 Å². The lowest BCUT2D eigenvalue weighted by Gasteiger charge is -2.47. The van der Waals surface area contributed by atoms with Crippen LogP contribution in [0.2, 0.25) is 0 Å². The third-order valence-corrected chi connectivity index (χ3v) is 4.17. The molecule has 0 aromatic heterocycles. The minimum absolute atomic E-state index is 0.0588. The molecule has 0 spiro atoms. The van der Waals surface area contributed by atoms with E-state index in [1.165, 1.54) is 0 Å². The molecule has 0 heterocycles. The normalized spacial score (nSPS) is 17.6. The second-order valence-electron chi connectivity index (χ2n) is 5.96. The van der Waals surface area contributed by atoms with E-state index in [-0.39, 0.29) is 16.6 Å². The molecule has 0 saturated heterocycles. The summed E-state index contributed by atoms with van der Waals surface area (Å²) < 4.78 is 5.53. The van der Waals surface area contributed by atoms with Crippen molar-refractivity contribution in [1.29, 1.82) is 0 Å². The van der Waals surface area contributed by atoms with Crippen LogP contribution in [-0.4, -0.2) is 25.3 Å². The van der Waals surface area contributed by atoms with E-state index in [2.05, 4.69) is 46.9 Å². The van der Waals surface area contributed by atoms with Crippen molar-refractivity contribution >= 4 is 0 Å². The summed E-state index contributed by atoms with van der Waals surface area (Å²) in [6.07, 6.45) is 2.16. The standard InChI is InChI=1S/C13H29NO/c1-9-13(6,14-7)11(2,3)10-12(4,5)15-8/h14H,9-10H2,1-8H3. The summed E-state index contributed by atoms with van der Waals surface area (Å²) in [5, 5.41) is 3.46. The highest BCUT2D eigenvalue weighted by Gasteiger charge is 2.41. The molecule has 2 nitrogen and oxygen atoms in total. The van der Waals surface area contributed by atoms with Crippen molar-refractivity contribution < 1.29 is 4.74 Å². The van der Waals surface area contributed by atoms with Gasteiger partial charge in [0.25, 0.3) is 0 Å². The average molecular weight is 215 g/mol. The summed E-state index contributed by atoms with van der Waals surface area (Å²) in [7, 11) is 3.84. The van der Waals surface area contributed by atoms with Crippen molar-refractivity contribution in [1.82, 2.24) is 5.32 Å². The summed E-state index contributed by atoms with van der Waals surface area (Å²) in [6.45, 7) is 13.5. The van der Waals surface area contributed by atoms with Gasteiger partial charge in [-0.2, -0.15) is 0 Å². The highest BCUT2D eigenvalue weighted by Crippen LogP contribution is 2.40. The van der Waals surface area contributed by atoms with Crippen LogP contribution < -0.4 is 5.32 Å². The SMILES string of the molecule is CCC(C)(NC)C(C)(C)CC(C)(C)OC. The van der Waals surface area contributed by atoms with Crippen LogP contribution in [0.1, 0.15) is 54.4 Å². The first kappa shape index (κ1) is 14.9. The summed E-state index contributed by atoms with van der Waals surface area (Å²) in [4.78, 5) is 0. The van der Waals surface area contributed by atoms with Gasteiger partial charge >= 0.3 is 0 Å². The van der Waals surface area contributed by atoms with Crippen LogP contribution in [0.3, 0.4) is 0 Å². The number of nitrogens with one attached hydrogen (secondary N) is 1. The molecule has 0 bridgehead atoms. The molecule has 0 saturated carbocycles. The lowest BCUT2D eigenvalue weighted by atomic mass is 9.66. The van der Waals surface area contributed by atoms with E-state index < -0.39 is 0 Å². The fourth-order valence-electron chi connectivity index (χ4n) is 2.33. The fourth-order valence-corrected chi connectivity index (χ4v) is 2.33. The highest BCUT2D eigenvalue weighted by atomic mass is 16.5. The highest BCUT2D eigenvalue weighted by molar-refractivity contribution is 4.97. The van der Waals surface area contributed by atoms with Crippen LogP contribution in [0.15, 0.2) is 0 Å². The van der Waals surface area contributed by atoms with Gasteiger partial charge in [-0.05, 0) is 46.1 Å². The maximum atomic E-state index is 5.53. The molecule has 1 atom stereocenters. The molecule has 2 heteroatoms. The van der Waals surface area contributed by atoms with Gasteiger partial charge in [0.05, 0.1) is 5.60 Å². The molecule has 0 amide bonds. The zero-order chi connectivity index (χ0) is 12.3. The minimum atomic E-state index is -0.0588. The quantitative estimate of drug-likeness (QED) is 0.734. The van der Waals surface area contributed by atoms with Gasteiger partial charge < -0.3 is 10.1 Å². The van der Waals surface area contributed by atoms with Gasteiger partial charge in [0.2, 0.25) is 0 Å². The zero-order valence-electron chi connectivity index (χ0n) is 11.8. The fraction of sp³-hybridized carbons (Fsp3) is 1.00.